The lowest BCUT2D eigenvalue weighted by molar-refractivity contribution is 0.0589. The zero-order valence-electron chi connectivity index (χ0n) is 14.6. The molecule has 7 heteroatoms. The Morgan fingerprint density at radius 1 is 1.27 bits per heavy atom. The molecule has 0 aliphatic carbocycles. The first kappa shape index (κ1) is 17.6. The first-order valence-electron chi connectivity index (χ1n) is 8.12. The minimum atomic E-state index is -0.328. The van der Waals surface area contributed by atoms with Crippen molar-refractivity contribution in [3.63, 3.8) is 0 Å². The van der Waals surface area contributed by atoms with E-state index < -0.39 is 0 Å². The van der Waals surface area contributed by atoms with Crippen LogP contribution in [0.3, 0.4) is 0 Å². The van der Waals surface area contributed by atoms with Gasteiger partial charge in [0.2, 0.25) is 0 Å². The lowest BCUT2D eigenvalue weighted by atomic mass is 10.1. The standard InChI is InChI=1S/C19H20N4O3/c1-23(17(12-26-2)14-8-5-6-10-20-14)19(25)16-11-15(21-22-16)13-7-3-4-9-18(13)24/h3-11,17,24H,12H2,1-2H3,(H,21,22)/t17-/m0/s1. The van der Waals surface area contributed by atoms with E-state index in [0.717, 1.165) is 5.69 Å². The Hall–Kier alpha value is -3.19. The molecule has 26 heavy (non-hydrogen) atoms. The van der Waals surface area contributed by atoms with Gasteiger partial charge in [0.15, 0.2) is 0 Å². The average Bonchev–Trinajstić information content (AvgIpc) is 3.16. The number of phenolic OH excluding ortho intramolecular Hbond substituents is 1. The number of hydrogen-bond donors (Lipinski definition) is 2. The minimum Gasteiger partial charge on any atom is -0.507 e. The Kier molecular flexibility index (Phi) is 5.28. The van der Waals surface area contributed by atoms with Gasteiger partial charge in [-0.1, -0.05) is 18.2 Å². The number of likely N-dealkylation sites (N-methyl/N-ethyl adjacent to an activating group) is 1. The van der Waals surface area contributed by atoms with Crippen LogP contribution < -0.4 is 0 Å². The summed E-state index contributed by atoms with van der Waals surface area (Å²) < 4.78 is 5.26. The van der Waals surface area contributed by atoms with Crippen molar-refractivity contribution < 1.29 is 14.6 Å². The van der Waals surface area contributed by atoms with E-state index in [4.69, 9.17) is 4.74 Å². The number of ether oxygens (including phenoxy) is 1. The topological polar surface area (TPSA) is 91.3 Å². The fraction of sp³-hybridized carbons (Fsp3) is 0.211. The third kappa shape index (κ3) is 3.57. The highest BCUT2D eigenvalue weighted by Crippen LogP contribution is 2.28. The number of aromatic nitrogens is 3. The van der Waals surface area contributed by atoms with Gasteiger partial charge in [-0.2, -0.15) is 5.10 Å². The summed E-state index contributed by atoms with van der Waals surface area (Å²) in [6.07, 6.45) is 1.68. The number of rotatable bonds is 6. The van der Waals surface area contributed by atoms with Gasteiger partial charge in [-0.3, -0.25) is 14.9 Å². The second-order valence-electron chi connectivity index (χ2n) is 5.83. The molecule has 3 rings (SSSR count). The number of aromatic amines is 1. The van der Waals surface area contributed by atoms with E-state index in [1.165, 1.54) is 0 Å². The number of phenols is 1. The van der Waals surface area contributed by atoms with Gasteiger partial charge >= 0.3 is 0 Å². The van der Waals surface area contributed by atoms with E-state index in [2.05, 4.69) is 15.2 Å². The molecule has 0 aliphatic heterocycles. The molecule has 0 fully saturated rings. The van der Waals surface area contributed by atoms with E-state index in [0.29, 0.717) is 23.6 Å². The van der Waals surface area contributed by atoms with Crippen molar-refractivity contribution in [3.8, 4) is 17.0 Å². The van der Waals surface area contributed by atoms with Crippen molar-refractivity contribution in [2.45, 2.75) is 6.04 Å². The zero-order valence-corrected chi connectivity index (χ0v) is 14.6. The van der Waals surface area contributed by atoms with Crippen LogP contribution in [0.25, 0.3) is 11.3 Å². The molecule has 1 atom stereocenters. The number of para-hydroxylation sites is 1. The number of carbonyl (C=O) groups excluding carboxylic acids is 1. The summed E-state index contributed by atoms with van der Waals surface area (Å²) >= 11 is 0. The molecule has 2 heterocycles. The number of hydrogen-bond acceptors (Lipinski definition) is 5. The number of nitrogens with zero attached hydrogens (tertiary/aromatic N) is 3. The smallest absolute Gasteiger partial charge is 0.272 e. The summed E-state index contributed by atoms with van der Waals surface area (Å²) in [6.45, 7) is 0.319. The Morgan fingerprint density at radius 3 is 2.73 bits per heavy atom. The summed E-state index contributed by atoms with van der Waals surface area (Å²) in [7, 11) is 3.28. The molecule has 0 saturated heterocycles. The van der Waals surface area contributed by atoms with Crippen LogP contribution in [0.4, 0.5) is 0 Å². The number of carbonyl (C=O) groups is 1. The van der Waals surface area contributed by atoms with E-state index in [1.54, 1.807) is 55.6 Å². The fourth-order valence-corrected chi connectivity index (χ4v) is 2.72. The lowest BCUT2D eigenvalue weighted by Gasteiger charge is -2.26. The predicted octanol–water partition coefficient (Wildman–Crippen LogP) is 2.64. The maximum atomic E-state index is 12.9. The molecule has 0 unspecified atom stereocenters. The molecular weight excluding hydrogens is 332 g/mol. The fourth-order valence-electron chi connectivity index (χ4n) is 2.72. The zero-order chi connectivity index (χ0) is 18.5. The number of benzene rings is 1. The molecule has 0 bridgehead atoms. The average molecular weight is 352 g/mol. The molecule has 0 aliphatic rings. The van der Waals surface area contributed by atoms with Crippen LogP contribution in [0.2, 0.25) is 0 Å². The normalized spacial score (nSPS) is 11.9. The van der Waals surface area contributed by atoms with Crippen molar-refractivity contribution >= 4 is 5.91 Å². The molecule has 134 valence electrons. The Labute approximate surface area is 151 Å². The second-order valence-corrected chi connectivity index (χ2v) is 5.83. The molecule has 0 radical (unpaired) electrons. The van der Waals surface area contributed by atoms with Gasteiger partial charge in [0.25, 0.3) is 5.91 Å². The van der Waals surface area contributed by atoms with Crippen molar-refractivity contribution in [2.24, 2.45) is 0 Å². The highest BCUT2D eigenvalue weighted by atomic mass is 16.5. The molecule has 0 saturated carbocycles. The van der Waals surface area contributed by atoms with E-state index >= 15 is 0 Å². The molecule has 2 N–H and O–H groups in total. The van der Waals surface area contributed by atoms with Gasteiger partial charge in [0, 0.05) is 25.9 Å². The van der Waals surface area contributed by atoms with Crippen LogP contribution in [-0.4, -0.2) is 51.9 Å². The minimum absolute atomic E-state index is 0.108. The van der Waals surface area contributed by atoms with Crippen molar-refractivity contribution in [1.82, 2.24) is 20.1 Å². The largest absolute Gasteiger partial charge is 0.507 e. The molecular formula is C19H20N4O3. The maximum Gasteiger partial charge on any atom is 0.272 e. The lowest BCUT2D eigenvalue weighted by Crippen LogP contribution is -2.34. The first-order chi connectivity index (χ1) is 12.6. The van der Waals surface area contributed by atoms with Crippen molar-refractivity contribution in [3.05, 3.63) is 66.1 Å². The van der Waals surface area contributed by atoms with Crippen LogP contribution in [0.1, 0.15) is 22.2 Å². The van der Waals surface area contributed by atoms with Gasteiger partial charge in [-0.05, 0) is 30.3 Å². The Balaban J connectivity index is 1.85. The van der Waals surface area contributed by atoms with E-state index in [1.807, 2.05) is 18.2 Å². The molecule has 2 aromatic heterocycles. The second kappa shape index (κ2) is 7.79. The molecule has 3 aromatic rings. The summed E-state index contributed by atoms with van der Waals surface area (Å²) in [5.41, 5.74) is 2.12. The van der Waals surface area contributed by atoms with Gasteiger partial charge in [-0.25, -0.2) is 0 Å². The Bertz CT molecular complexity index is 879. The van der Waals surface area contributed by atoms with Crippen molar-refractivity contribution in [2.75, 3.05) is 20.8 Å². The quantitative estimate of drug-likeness (QED) is 0.712. The van der Waals surface area contributed by atoms with Crippen LogP contribution in [0.5, 0.6) is 5.75 Å². The van der Waals surface area contributed by atoms with Gasteiger partial charge in [0.05, 0.1) is 24.0 Å². The summed E-state index contributed by atoms with van der Waals surface area (Å²) in [5, 5.41) is 16.9. The number of aromatic hydroxyl groups is 1. The number of amides is 1. The number of pyridine rings is 1. The van der Waals surface area contributed by atoms with Gasteiger partial charge in [-0.15, -0.1) is 0 Å². The van der Waals surface area contributed by atoms with E-state index in [-0.39, 0.29) is 17.7 Å². The molecule has 7 nitrogen and oxygen atoms in total. The summed E-state index contributed by atoms with van der Waals surface area (Å²) in [5.74, 6) is -0.135. The van der Waals surface area contributed by atoms with Gasteiger partial charge < -0.3 is 14.7 Å². The molecule has 1 amide bonds. The summed E-state index contributed by atoms with van der Waals surface area (Å²) in [4.78, 5) is 18.8. The summed E-state index contributed by atoms with van der Waals surface area (Å²) in [6, 6.07) is 13.7. The highest BCUT2D eigenvalue weighted by Gasteiger charge is 2.25. The molecule has 0 spiro atoms. The van der Waals surface area contributed by atoms with Crippen LogP contribution >= 0.6 is 0 Å². The van der Waals surface area contributed by atoms with Crippen LogP contribution in [0.15, 0.2) is 54.7 Å². The maximum absolute atomic E-state index is 12.9. The first-order valence-corrected chi connectivity index (χ1v) is 8.12. The van der Waals surface area contributed by atoms with Crippen molar-refractivity contribution in [1.29, 1.82) is 0 Å². The van der Waals surface area contributed by atoms with Crippen LogP contribution in [0, 0.1) is 0 Å². The monoisotopic (exact) mass is 352 g/mol. The third-order valence-corrected chi connectivity index (χ3v) is 4.13. The third-order valence-electron chi connectivity index (χ3n) is 4.13. The number of nitrogens with one attached hydrogen (secondary N) is 1. The number of H-pyrrole nitrogens is 1. The number of methoxy groups -OCH3 is 1. The SMILES string of the molecule is COC[C@@H](c1ccccn1)N(C)C(=O)c1cc(-c2ccccc2O)n[nH]1. The highest BCUT2D eigenvalue weighted by molar-refractivity contribution is 5.93. The van der Waals surface area contributed by atoms with E-state index in [9.17, 15) is 9.90 Å². The van der Waals surface area contributed by atoms with Crippen LogP contribution in [-0.2, 0) is 4.74 Å². The molecule has 1 aromatic carbocycles. The predicted molar refractivity (Wildman–Crippen MR) is 96.6 cm³/mol. The van der Waals surface area contributed by atoms with Gasteiger partial charge in [0.1, 0.15) is 11.4 Å². The Morgan fingerprint density at radius 2 is 2.04 bits per heavy atom.